The van der Waals surface area contributed by atoms with Gasteiger partial charge in [0.05, 0.1) is 10.6 Å². The average Bonchev–Trinajstić information content (AvgIpc) is 2.26. The molecule has 80 valence electrons. The number of hydrogen-bond donors (Lipinski definition) is 0. The van der Waals surface area contributed by atoms with Gasteiger partial charge in [-0.1, -0.05) is 18.5 Å². The van der Waals surface area contributed by atoms with Gasteiger partial charge < -0.3 is 0 Å². The van der Waals surface area contributed by atoms with Crippen LogP contribution in [-0.4, -0.2) is 11.6 Å². The second-order valence-corrected chi connectivity index (χ2v) is 5.13. The molecule has 0 N–H and O–H groups in total. The first-order valence-corrected chi connectivity index (χ1v) is 6.45. The molecule has 0 spiro atoms. The highest BCUT2D eigenvalue weighted by Crippen LogP contribution is 2.26. The Kier molecular flexibility index (Phi) is 5.31. The fourth-order valence-electron chi connectivity index (χ4n) is 0.959. The first-order valence-electron chi connectivity index (χ1n) is 4.55. The van der Waals surface area contributed by atoms with Crippen LogP contribution >= 0.6 is 35.0 Å². The number of nitrogens with zero attached hydrogens (tertiary/aromatic N) is 1. The Bertz CT molecular complexity index is 373. The van der Waals surface area contributed by atoms with Crippen molar-refractivity contribution in [3.8, 4) is 6.07 Å². The van der Waals surface area contributed by atoms with Crippen LogP contribution in [0, 0.1) is 17.2 Å². The van der Waals surface area contributed by atoms with Crippen LogP contribution in [0.15, 0.2) is 23.1 Å². The van der Waals surface area contributed by atoms with Gasteiger partial charge in [0.1, 0.15) is 6.07 Å². The minimum atomic E-state index is 0.478. The lowest BCUT2D eigenvalue weighted by Crippen LogP contribution is -1.98. The highest BCUT2D eigenvalue weighted by molar-refractivity contribution is 7.99. The zero-order valence-electron chi connectivity index (χ0n) is 8.34. The van der Waals surface area contributed by atoms with Gasteiger partial charge in [0.15, 0.2) is 0 Å². The van der Waals surface area contributed by atoms with Crippen LogP contribution in [-0.2, 0) is 0 Å². The smallest absolute Gasteiger partial charge is 0.101 e. The largest absolute Gasteiger partial charge is 0.192 e. The predicted octanol–water partition coefficient (Wildman–Crippen LogP) is 4.18. The quantitative estimate of drug-likeness (QED) is 0.599. The molecule has 0 fully saturated rings. The van der Waals surface area contributed by atoms with Gasteiger partial charge in [-0.2, -0.15) is 5.26 Å². The Balaban J connectivity index is 2.64. The molecule has 0 aliphatic rings. The van der Waals surface area contributed by atoms with E-state index in [0.717, 1.165) is 10.6 Å². The molecule has 0 saturated heterocycles. The number of hydrogen-bond acceptors (Lipinski definition) is 2. The lowest BCUT2D eigenvalue weighted by Gasteiger charge is -2.07. The topological polar surface area (TPSA) is 23.8 Å². The third kappa shape index (κ3) is 3.95. The van der Waals surface area contributed by atoms with Crippen LogP contribution < -0.4 is 0 Å². The van der Waals surface area contributed by atoms with Crippen LogP contribution in [0.5, 0.6) is 0 Å². The molecule has 1 atom stereocenters. The summed E-state index contributed by atoms with van der Waals surface area (Å²) in [4.78, 5) is 1.08. The molecule has 0 amide bonds. The molecule has 0 radical (unpaired) electrons. The third-order valence-corrected chi connectivity index (χ3v) is 4.02. The second kappa shape index (κ2) is 6.27. The Hall–Kier alpha value is -0.360. The molecular weight excluding hydrogens is 249 g/mol. The van der Waals surface area contributed by atoms with Crippen molar-refractivity contribution >= 4 is 35.0 Å². The van der Waals surface area contributed by atoms with E-state index in [9.17, 15) is 0 Å². The Morgan fingerprint density at radius 2 is 2.27 bits per heavy atom. The summed E-state index contributed by atoms with van der Waals surface area (Å²) in [5, 5.41) is 9.22. The van der Waals surface area contributed by atoms with E-state index in [0.29, 0.717) is 22.4 Å². The van der Waals surface area contributed by atoms with Crippen molar-refractivity contribution in [3.05, 3.63) is 28.8 Å². The summed E-state index contributed by atoms with van der Waals surface area (Å²) in [6, 6.07) is 7.52. The normalized spacial score (nSPS) is 12.1. The van der Waals surface area contributed by atoms with E-state index in [1.807, 2.05) is 18.2 Å². The van der Waals surface area contributed by atoms with E-state index < -0.39 is 0 Å². The van der Waals surface area contributed by atoms with Gasteiger partial charge >= 0.3 is 0 Å². The molecule has 0 aromatic heterocycles. The lowest BCUT2D eigenvalue weighted by molar-refractivity contribution is 0.759. The fourth-order valence-corrected chi connectivity index (χ4v) is 2.45. The molecule has 0 aliphatic carbocycles. The van der Waals surface area contributed by atoms with Crippen molar-refractivity contribution < 1.29 is 0 Å². The Morgan fingerprint density at radius 3 is 2.80 bits per heavy atom. The molecule has 4 heteroatoms. The van der Waals surface area contributed by atoms with E-state index in [-0.39, 0.29) is 0 Å². The number of alkyl halides is 1. The summed E-state index contributed by atoms with van der Waals surface area (Å²) in [6.45, 7) is 2.10. The first-order chi connectivity index (χ1) is 7.17. The van der Waals surface area contributed by atoms with E-state index in [1.54, 1.807) is 17.8 Å². The third-order valence-electron chi connectivity index (χ3n) is 1.86. The number of rotatable bonds is 4. The molecule has 0 bridgehead atoms. The maximum absolute atomic E-state index is 8.71. The van der Waals surface area contributed by atoms with Crippen molar-refractivity contribution in [2.24, 2.45) is 5.92 Å². The molecule has 0 saturated carbocycles. The first kappa shape index (κ1) is 12.7. The fraction of sp³-hybridized carbons (Fsp3) is 0.364. The highest BCUT2D eigenvalue weighted by Gasteiger charge is 2.04. The average molecular weight is 260 g/mol. The minimum absolute atomic E-state index is 0.478. The van der Waals surface area contributed by atoms with E-state index in [1.165, 1.54) is 0 Å². The molecule has 15 heavy (non-hydrogen) atoms. The van der Waals surface area contributed by atoms with Gasteiger partial charge in [0.2, 0.25) is 0 Å². The van der Waals surface area contributed by atoms with Crippen molar-refractivity contribution in [2.45, 2.75) is 11.8 Å². The summed E-state index contributed by atoms with van der Waals surface area (Å²) in [5.74, 6) is 2.11. The summed E-state index contributed by atoms with van der Waals surface area (Å²) < 4.78 is 0. The van der Waals surface area contributed by atoms with Gasteiger partial charge in [-0.3, -0.25) is 0 Å². The van der Waals surface area contributed by atoms with Crippen molar-refractivity contribution in [3.63, 3.8) is 0 Å². The SMILES string of the molecule is CC(CCl)CSc1ccc(C#N)c(Cl)c1. The summed E-state index contributed by atoms with van der Waals surface area (Å²) in [5.41, 5.74) is 0.520. The van der Waals surface area contributed by atoms with Crippen molar-refractivity contribution in [1.29, 1.82) is 5.26 Å². The van der Waals surface area contributed by atoms with Crippen molar-refractivity contribution in [2.75, 3.05) is 11.6 Å². The van der Waals surface area contributed by atoms with Crippen molar-refractivity contribution in [1.82, 2.24) is 0 Å². The van der Waals surface area contributed by atoms with Gasteiger partial charge in [-0.25, -0.2) is 0 Å². The van der Waals surface area contributed by atoms with Gasteiger partial charge in [-0.05, 0) is 24.1 Å². The molecule has 1 aromatic carbocycles. The van der Waals surface area contributed by atoms with Crippen LogP contribution in [0.4, 0.5) is 0 Å². The minimum Gasteiger partial charge on any atom is -0.192 e. The zero-order valence-corrected chi connectivity index (χ0v) is 10.7. The van der Waals surface area contributed by atoms with Gasteiger partial charge in [0.25, 0.3) is 0 Å². The van der Waals surface area contributed by atoms with Crippen LogP contribution in [0.2, 0.25) is 5.02 Å². The molecule has 0 aliphatic heterocycles. The summed E-state index contributed by atoms with van der Waals surface area (Å²) in [6.07, 6.45) is 0. The van der Waals surface area contributed by atoms with E-state index in [4.69, 9.17) is 28.5 Å². The monoisotopic (exact) mass is 259 g/mol. The number of thioether (sulfide) groups is 1. The number of benzene rings is 1. The van der Waals surface area contributed by atoms with E-state index in [2.05, 4.69) is 6.92 Å². The van der Waals surface area contributed by atoms with E-state index >= 15 is 0 Å². The van der Waals surface area contributed by atoms with Gasteiger partial charge in [-0.15, -0.1) is 23.4 Å². The Labute approximate surface area is 104 Å². The second-order valence-electron chi connectivity index (χ2n) is 3.32. The molecule has 1 aromatic rings. The molecule has 1 unspecified atom stereocenters. The van der Waals surface area contributed by atoms with Crippen LogP contribution in [0.25, 0.3) is 0 Å². The standard InChI is InChI=1S/C11H11Cl2NS/c1-8(5-12)7-15-10-3-2-9(6-14)11(13)4-10/h2-4,8H,5,7H2,1H3. The highest BCUT2D eigenvalue weighted by atomic mass is 35.5. The van der Waals surface area contributed by atoms with Gasteiger partial charge in [0, 0.05) is 16.5 Å². The summed E-state index contributed by atoms with van der Waals surface area (Å²) in [7, 11) is 0. The Morgan fingerprint density at radius 1 is 1.53 bits per heavy atom. The maximum atomic E-state index is 8.71. The molecule has 1 rings (SSSR count). The number of nitriles is 1. The predicted molar refractivity (Wildman–Crippen MR) is 66.8 cm³/mol. The van der Waals surface area contributed by atoms with Crippen LogP contribution in [0.3, 0.4) is 0 Å². The number of halogens is 2. The zero-order chi connectivity index (χ0) is 11.3. The molecule has 1 nitrogen and oxygen atoms in total. The summed E-state index contributed by atoms with van der Waals surface area (Å²) >= 11 is 13.3. The molecule has 0 heterocycles. The molecular formula is C11H11Cl2NS. The van der Waals surface area contributed by atoms with Crippen LogP contribution in [0.1, 0.15) is 12.5 Å². The maximum Gasteiger partial charge on any atom is 0.101 e. The lowest BCUT2D eigenvalue weighted by atomic mass is 10.2.